The van der Waals surface area contributed by atoms with Crippen LogP contribution >= 0.6 is 11.3 Å². The molecule has 2 atom stereocenters. The van der Waals surface area contributed by atoms with E-state index in [2.05, 4.69) is 33.2 Å². The summed E-state index contributed by atoms with van der Waals surface area (Å²) in [6.07, 6.45) is 5.48. The van der Waals surface area contributed by atoms with Crippen molar-refractivity contribution in [2.24, 2.45) is 0 Å². The maximum Gasteiger partial charge on any atom is 0.318 e. The lowest BCUT2D eigenvalue weighted by atomic mass is 10.1. The Bertz CT molecular complexity index is 640. The highest BCUT2D eigenvalue weighted by Gasteiger charge is 2.25. The van der Waals surface area contributed by atoms with E-state index >= 15 is 0 Å². The van der Waals surface area contributed by atoms with Crippen LogP contribution < -0.4 is 5.32 Å². The number of amides is 2. The average molecular weight is 345 g/mol. The zero-order chi connectivity index (χ0) is 16.9. The van der Waals surface area contributed by atoms with Gasteiger partial charge in [-0.05, 0) is 25.5 Å². The Hall–Kier alpha value is -1.99. The first-order valence-electron chi connectivity index (χ1n) is 8.24. The molecule has 6 nitrogen and oxygen atoms in total. The van der Waals surface area contributed by atoms with Gasteiger partial charge in [0.2, 0.25) is 0 Å². The SMILES string of the molecule is C[C@H](NC(=O)N1CCN([C@H](C)c2cccnc2)CC1)c1nccs1. The second kappa shape index (κ2) is 7.72. The fourth-order valence-corrected chi connectivity index (χ4v) is 3.58. The van der Waals surface area contributed by atoms with Crippen molar-refractivity contribution in [3.63, 3.8) is 0 Å². The Morgan fingerprint density at radius 1 is 1.25 bits per heavy atom. The highest BCUT2D eigenvalue weighted by molar-refractivity contribution is 7.09. The number of nitrogens with one attached hydrogen (secondary N) is 1. The molecular formula is C17H23N5OS. The second-order valence-electron chi connectivity index (χ2n) is 6.03. The van der Waals surface area contributed by atoms with Crippen molar-refractivity contribution in [2.45, 2.75) is 25.9 Å². The topological polar surface area (TPSA) is 61.4 Å². The Kier molecular flexibility index (Phi) is 5.42. The van der Waals surface area contributed by atoms with Crippen molar-refractivity contribution in [3.8, 4) is 0 Å². The summed E-state index contributed by atoms with van der Waals surface area (Å²) < 4.78 is 0. The molecule has 0 aliphatic carbocycles. The maximum atomic E-state index is 12.4. The van der Waals surface area contributed by atoms with Gasteiger partial charge in [0.05, 0.1) is 6.04 Å². The molecule has 0 radical (unpaired) electrons. The summed E-state index contributed by atoms with van der Waals surface area (Å²) in [5.41, 5.74) is 1.22. The van der Waals surface area contributed by atoms with E-state index in [0.717, 1.165) is 31.2 Å². The lowest BCUT2D eigenvalue weighted by Gasteiger charge is -2.38. The van der Waals surface area contributed by atoms with Gasteiger partial charge in [-0.3, -0.25) is 9.88 Å². The third kappa shape index (κ3) is 3.91. The predicted molar refractivity (Wildman–Crippen MR) is 94.9 cm³/mol. The van der Waals surface area contributed by atoms with Gasteiger partial charge in [-0.15, -0.1) is 11.3 Å². The molecule has 1 N–H and O–H groups in total. The van der Waals surface area contributed by atoms with E-state index in [-0.39, 0.29) is 12.1 Å². The van der Waals surface area contributed by atoms with Gasteiger partial charge in [0, 0.05) is 56.2 Å². The summed E-state index contributed by atoms with van der Waals surface area (Å²) in [5, 5.41) is 5.90. The molecule has 24 heavy (non-hydrogen) atoms. The van der Waals surface area contributed by atoms with Crippen molar-refractivity contribution < 1.29 is 4.79 Å². The number of piperazine rings is 1. The first kappa shape index (κ1) is 16.9. The minimum Gasteiger partial charge on any atom is -0.329 e. The van der Waals surface area contributed by atoms with E-state index in [4.69, 9.17) is 0 Å². The molecular weight excluding hydrogens is 322 g/mol. The van der Waals surface area contributed by atoms with Crippen LogP contribution in [-0.2, 0) is 0 Å². The Labute approximate surface area is 146 Å². The van der Waals surface area contributed by atoms with Crippen LogP contribution in [0.2, 0.25) is 0 Å². The Balaban J connectivity index is 1.50. The molecule has 0 unspecified atom stereocenters. The molecule has 7 heteroatoms. The van der Waals surface area contributed by atoms with Crippen molar-refractivity contribution in [3.05, 3.63) is 46.7 Å². The highest BCUT2D eigenvalue weighted by atomic mass is 32.1. The molecule has 3 rings (SSSR count). The van der Waals surface area contributed by atoms with Crippen molar-refractivity contribution in [2.75, 3.05) is 26.2 Å². The first-order valence-corrected chi connectivity index (χ1v) is 9.12. The van der Waals surface area contributed by atoms with Crippen LogP contribution in [0.3, 0.4) is 0 Å². The average Bonchev–Trinajstić information content (AvgIpc) is 3.17. The Morgan fingerprint density at radius 3 is 2.67 bits per heavy atom. The van der Waals surface area contributed by atoms with Crippen LogP contribution in [-0.4, -0.2) is 52.0 Å². The van der Waals surface area contributed by atoms with Gasteiger partial charge in [0.15, 0.2) is 0 Å². The number of urea groups is 1. The summed E-state index contributed by atoms with van der Waals surface area (Å²) in [6, 6.07) is 4.33. The summed E-state index contributed by atoms with van der Waals surface area (Å²) in [5.74, 6) is 0. The molecule has 0 spiro atoms. The largest absolute Gasteiger partial charge is 0.329 e. The molecule has 2 aromatic heterocycles. The van der Waals surface area contributed by atoms with Crippen LogP contribution in [0.1, 0.15) is 36.5 Å². The highest BCUT2D eigenvalue weighted by Crippen LogP contribution is 2.21. The minimum atomic E-state index is -0.0511. The standard InChI is InChI=1S/C17H23N5OS/c1-13(16-19-6-11-24-16)20-17(23)22-9-7-21(8-10-22)14(2)15-4-3-5-18-12-15/h3-6,11-14H,7-10H2,1-2H3,(H,20,23)/t13-,14+/m0/s1. The number of thiazole rings is 1. The quantitative estimate of drug-likeness (QED) is 0.925. The van der Waals surface area contributed by atoms with Crippen molar-refractivity contribution >= 4 is 17.4 Å². The molecule has 1 saturated heterocycles. The van der Waals surface area contributed by atoms with E-state index in [1.54, 1.807) is 23.7 Å². The molecule has 2 aromatic rings. The number of nitrogens with zero attached hydrogens (tertiary/aromatic N) is 4. The normalized spacial score (nSPS) is 18.2. The van der Waals surface area contributed by atoms with Gasteiger partial charge >= 0.3 is 6.03 Å². The minimum absolute atomic E-state index is 0.00798. The molecule has 1 aliphatic heterocycles. The zero-order valence-corrected chi connectivity index (χ0v) is 14.9. The lowest BCUT2D eigenvalue weighted by molar-refractivity contribution is 0.112. The Morgan fingerprint density at radius 2 is 2.04 bits per heavy atom. The molecule has 2 amide bonds. The van der Waals surface area contributed by atoms with Crippen LogP contribution in [0.4, 0.5) is 4.79 Å². The number of pyridine rings is 1. The maximum absolute atomic E-state index is 12.4. The van der Waals surface area contributed by atoms with Gasteiger partial charge in [0.1, 0.15) is 5.01 Å². The van der Waals surface area contributed by atoms with Crippen LogP contribution in [0.25, 0.3) is 0 Å². The third-order valence-corrected chi connectivity index (χ3v) is 5.44. The van der Waals surface area contributed by atoms with Gasteiger partial charge in [-0.1, -0.05) is 6.07 Å². The zero-order valence-electron chi connectivity index (χ0n) is 14.1. The summed E-state index contributed by atoms with van der Waals surface area (Å²) in [7, 11) is 0. The van der Waals surface area contributed by atoms with Crippen LogP contribution in [0.5, 0.6) is 0 Å². The second-order valence-corrected chi connectivity index (χ2v) is 6.95. The number of aromatic nitrogens is 2. The smallest absolute Gasteiger partial charge is 0.318 e. The fourth-order valence-electron chi connectivity index (χ4n) is 2.93. The summed E-state index contributed by atoms with van der Waals surface area (Å²) in [4.78, 5) is 25.1. The van der Waals surface area contributed by atoms with E-state index in [9.17, 15) is 4.79 Å². The van der Waals surface area contributed by atoms with E-state index in [1.807, 2.05) is 29.5 Å². The van der Waals surface area contributed by atoms with E-state index < -0.39 is 0 Å². The number of carbonyl (C=O) groups is 1. The van der Waals surface area contributed by atoms with Gasteiger partial charge in [0.25, 0.3) is 0 Å². The molecule has 0 aromatic carbocycles. The van der Waals surface area contributed by atoms with Gasteiger partial charge in [-0.25, -0.2) is 9.78 Å². The third-order valence-electron chi connectivity index (χ3n) is 4.48. The number of carbonyl (C=O) groups excluding carboxylic acids is 1. The fraction of sp³-hybridized carbons (Fsp3) is 0.471. The van der Waals surface area contributed by atoms with E-state index in [1.165, 1.54) is 5.56 Å². The van der Waals surface area contributed by atoms with Gasteiger partial charge < -0.3 is 10.2 Å². The lowest BCUT2D eigenvalue weighted by Crippen LogP contribution is -2.52. The van der Waals surface area contributed by atoms with E-state index in [0.29, 0.717) is 6.04 Å². The van der Waals surface area contributed by atoms with Crippen molar-refractivity contribution in [1.82, 2.24) is 25.1 Å². The number of rotatable bonds is 4. The summed E-state index contributed by atoms with van der Waals surface area (Å²) >= 11 is 1.56. The molecule has 128 valence electrons. The predicted octanol–water partition coefficient (Wildman–Crippen LogP) is 2.69. The molecule has 1 fully saturated rings. The molecule has 1 aliphatic rings. The van der Waals surface area contributed by atoms with Gasteiger partial charge in [-0.2, -0.15) is 0 Å². The monoisotopic (exact) mass is 345 g/mol. The molecule has 0 saturated carbocycles. The molecule has 0 bridgehead atoms. The molecule has 3 heterocycles. The van der Waals surface area contributed by atoms with Crippen LogP contribution in [0, 0.1) is 0 Å². The van der Waals surface area contributed by atoms with Crippen molar-refractivity contribution in [1.29, 1.82) is 0 Å². The van der Waals surface area contributed by atoms with Crippen LogP contribution in [0.15, 0.2) is 36.1 Å². The number of hydrogen-bond acceptors (Lipinski definition) is 5. The summed E-state index contributed by atoms with van der Waals surface area (Å²) in [6.45, 7) is 7.38. The first-order chi connectivity index (χ1) is 11.6. The number of hydrogen-bond donors (Lipinski definition) is 1.